The van der Waals surface area contributed by atoms with Crippen molar-refractivity contribution < 1.29 is 17.6 Å². The molecule has 0 aliphatic carbocycles. The molecule has 1 aliphatic rings. The van der Waals surface area contributed by atoms with Gasteiger partial charge in [-0.3, -0.25) is 4.79 Å². The number of carbonyl (C=O) groups excluding carboxylic acids is 1. The molecule has 1 amide bonds. The van der Waals surface area contributed by atoms with Gasteiger partial charge in [-0.1, -0.05) is 31.0 Å². The number of sulfonamides is 1. The zero-order valence-corrected chi connectivity index (χ0v) is 17.8. The number of hydrogen-bond donors (Lipinski definition) is 1. The number of amides is 1. The fourth-order valence-corrected chi connectivity index (χ4v) is 5.61. The number of piperidine rings is 1. The van der Waals surface area contributed by atoms with E-state index in [0.29, 0.717) is 12.2 Å². The van der Waals surface area contributed by atoms with Gasteiger partial charge in [0.2, 0.25) is 15.9 Å². The lowest BCUT2D eigenvalue weighted by Gasteiger charge is -2.34. The third-order valence-corrected chi connectivity index (χ3v) is 7.51. The second kappa shape index (κ2) is 9.24. The Kier molecular flexibility index (Phi) is 6.93. The largest absolute Gasteiger partial charge is 0.326 e. The number of halogens is 2. The molecular formula is C21H24ClFN2O3S. The second-order valence-electron chi connectivity index (χ2n) is 7.12. The first-order valence-electron chi connectivity index (χ1n) is 9.67. The lowest BCUT2D eigenvalue weighted by molar-refractivity contribution is -0.115. The molecule has 29 heavy (non-hydrogen) atoms. The Hall–Kier alpha value is -1.96. The minimum absolute atomic E-state index is 0.0265. The average molecular weight is 439 g/mol. The lowest BCUT2D eigenvalue weighted by Crippen LogP contribution is -2.43. The molecule has 0 aromatic heterocycles. The molecule has 5 nitrogen and oxygen atoms in total. The molecule has 1 heterocycles. The number of nitrogens with zero attached hydrogens (tertiary/aromatic N) is 1. The van der Waals surface area contributed by atoms with Gasteiger partial charge in [0.1, 0.15) is 5.82 Å². The molecule has 1 aliphatic heterocycles. The van der Waals surface area contributed by atoms with Crippen LogP contribution in [0.3, 0.4) is 0 Å². The summed E-state index contributed by atoms with van der Waals surface area (Å²) in [5, 5.41) is 2.84. The van der Waals surface area contributed by atoms with Gasteiger partial charge in [0, 0.05) is 28.9 Å². The first-order chi connectivity index (χ1) is 13.8. The third kappa shape index (κ3) is 4.97. The minimum atomic E-state index is -3.57. The Labute approximate surface area is 175 Å². The van der Waals surface area contributed by atoms with Crippen molar-refractivity contribution in [1.29, 1.82) is 0 Å². The molecule has 0 spiro atoms. The van der Waals surface area contributed by atoms with E-state index in [9.17, 15) is 17.6 Å². The van der Waals surface area contributed by atoms with Crippen LogP contribution in [0.1, 0.15) is 38.2 Å². The molecule has 0 bridgehead atoms. The van der Waals surface area contributed by atoms with E-state index < -0.39 is 21.7 Å². The van der Waals surface area contributed by atoms with E-state index in [0.717, 1.165) is 25.7 Å². The molecule has 1 atom stereocenters. The van der Waals surface area contributed by atoms with Crippen LogP contribution in [-0.4, -0.2) is 31.2 Å². The van der Waals surface area contributed by atoms with E-state index in [-0.39, 0.29) is 27.9 Å². The second-order valence-corrected chi connectivity index (χ2v) is 9.42. The van der Waals surface area contributed by atoms with Crippen molar-refractivity contribution in [3.8, 4) is 0 Å². The van der Waals surface area contributed by atoms with Gasteiger partial charge in [0.05, 0.1) is 11.3 Å². The van der Waals surface area contributed by atoms with Gasteiger partial charge in [-0.05, 0) is 55.7 Å². The Bertz CT molecular complexity index is 960. The SMILES string of the molecule is CCC1CCCCN1S(=O)(=O)c1ccc(NC(=O)Cc2c(F)cccc2Cl)cc1. The van der Waals surface area contributed by atoms with Crippen LogP contribution in [0.25, 0.3) is 0 Å². The third-order valence-electron chi connectivity index (χ3n) is 5.19. The van der Waals surface area contributed by atoms with Gasteiger partial charge < -0.3 is 5.32 Å². The Morgan fingerprint density at radius 2 is 1.93 bits per heavy atom. The van der Waals surface area contributed by atoms with Gasteiger partial charge >= 0.3 is 0 Å². The van der Waals surface area contributed by atoms with Gasteiger partial charge in [0.25, 0.3) is 0 Å². The monoisotopic (exact) mass is 438 g/mol. The normalized spacial score (nSPS) is 17.8. The van der Waals surface area contributed by atoms with Gasteiger partial charge in [-0.25, -0.2) is 12.8 Å². The molecule has 8 heteroatoms. The number of anilines is 1. The predicted octanol–water partition coefficient (Wildman–Crippen LogP) is 4.61. The van der Waals surface area contributed by atoms with Crippen LogP contribution in [0, 0.1) is 5.82 Å². The van der Waals surface area contributed by atoms with Crippen molar-refractivity contribution in [2.75, 3.05) is 11.9 Å². The number of nitrogens with one attached hydrogen (secondary N) is 1. The average Bonchev–Trinajstić information content (AvgIpc) is 2.71. The molecule has 2 aromatic rings. The fraction of sp³-hybridized carbons (Fsp3) is 0.381. The van der Waals surface area contributed by atoms with Crippen LogP contribution in [0.2, 0.25) is 5.02 Å². The highest BCUT2D eigenvalue weighted by Crippen LogP contribution is 2.27. The van der Waals surface area contributed by atoms with Crippen molar-refractivity contribution in [1.82, 2.24) is 4.31 Å². The van der Waals surface area contributed by atoms with Gasteiger partial charge in [-0.15, -0.1) is 0 Å². The van der Waals surface area contributed by atoms with Crippen molar-refractivity contribution in [3.63, 3.8) is 0 Å². The summed E-state index contributed by atoms with van der Waals surface area (Å²) in [6.45, 7) is 2.53. The Morgan fingerprint density at radius 1 is 1.21 bits per heavy atom. The molecule has 1 N–H and O–H groups in total. The topological polar surface area (TPSA) is 66.5 Å². The molecule has 156 valence electrons. The molecule has 1 fully saturated rings. The first kappa shape index (κ1) is 21.7. The van der Waals surface area contributed by atoms with Crippen LogP contribution in [0.15, 0.2) is 47.4 Å². The van der Waals surface area contributed by atoms with Crippen molar-refractivity contribution in [3.05, 3.63) is 58.9 Å². The van der Waals surface area contributed by atoms with Crippen molar-refractivity contribution >= 4 is 33.2 Å². The standard InChI is InChI=1S/C21H24ClFN2O3S/c1-2-16-6-3-4-13-25(16)29(27,28)17-11-9-15(10-12-17)24-21(26)14-18-19(22)7-5-8-20(18)23/h5,7-12,16H,2-4,6,13-14H2,1H3,(H,24,26). The summed E-state index contributed by atoms with van der Waals surface area (Å²) in [4.78, 5) is 12.4. The van der Waals surface area contributed by atoms with E-state index in [1.165, 1.54) is 30.3 Å². The number of hydrogen-bond acceptors (Lipinski definition) is 3. The summed E-state index contributed by atoms with van der Waals surface area (Å²) in [6, 6.07) is 10.3. The van der Waals surface area contributed by atoms with Crippen molar-refractivity contribution in [2.45, 2.75) is 50.0 Å². The van der Waals surface area contributed by atoms with E-state index in [2.05, 4.69) is 5.32 Å². The maximum Gasteiger partial charge on any atom is 0.243 e. The Balaban J connectivity index is 1.70. The van der Waals surface area contributed by atoms with E-state index in [1.54, 1.807) is 16.4 Å². The predicted molar refractivity (Wildman–Crippen MR) is 112 cm³/mol. The first-order valence-corrected chi connectivity index (χ1v) is 11.5. The smallest absolute Gasteiger partial charge is 0.243 e. The maximum absolute atomic E-state index is 13.8. The number of carbonyl (C=O) groups is 1. The molecule has 0 radical (unpaired) electrons. The maximum atomic E-state index is 13.8. The molecule has 2 aromatic carbocycles. The molecule has 1 unspecified atom stereocenters. The Morgan fingerprint density at radius 3 is 2.59 bits per heavy atom. The molecule has 3 rings (SSSR count). The molecular weight excluding hydrogens is 415 g/mol. The van der Waals surface area contributed by atoms with E-state index in [1.807, 2.05) is 6.92 Å². The summed E-state index contributed by atoms with van der Waals surface area (Å²) in [5.41, 5.74) is 0.564. The highest BCUT2D eigenvalue weighted by Gasteiger charge is 2.32. The summed E-state index contributed by atoms with van der Waals surface area (Å²) in [6.07, 6.45) is 3.36. The van der Waals surface area contributed by atoms with Crippen LogP contribution in [-0.2, 0) is 21.2 Å². The van der Waals surface area contributed by atoms with Crippen LogP contribution in [0.4, 0.5) is 10.1 Å². The van der Waals surface area contributed by atoms with E-state index >= 15 is 0 Å². The molecule has 0 saturated carbocycles. The zero-order valence-electron chi connectivity index (χ0n) is 16.2. The van der Waals surface area contributed by atoms with Crippen molar-refractivity contribution in [2.24, 2.45) is 0 Å². The highest BCUT2D eigenvalue weighted by atomic mass is 35.5. The number of benzene rings is 2. The van der Waals surface area contributed by atoms with Gasteiger partial charge in [0.15, 0.2) is 0 Å². The van der Waals surface area contributed by atoms with E-state index in [4.69, 9.17) is 11.6 Å². The lowest BCUT2D eigenvalue weighted by atomic mass is 10.0. The summed E-state index contributed by atoms with van der Waals surface area (Å²) in [7, 11) is -3.57. The fourth-order valence-electron chi connectivity index (χ4n) is 3.61. The quantitative estimate of drug-likeness (QED) is 0.715. The summed E-state index contributed by atoms with van der Waals surface area (Å²) in [5.74, 6) is -0.976. The highest BCUT2D eigenvalue weighted by molar-refractivity contribution is 7.89. The molecule has 1 saturated heterocycles. The summed E-state index contributed by atoms with van der Waals surface area (Å²) >= 11 is 5.95. The van der Waals surface area contributed by atoms with Crippen LogP contribution in [0.5, 0.6) is 0 Å². The number of rotatable bonds is 6. The zero-order chi connectivity index (χ0) is 21.0. The summed E-state index contributed by atoms with van der Waals surface area (Å²) < 4.78 is 41.4. The van der Waals surface area contributed by atoms with Crippen LogP contribution < -0.4 is 5.32 Å². The van der Waals surface area contributed by atoms with Gasteiger partial charge in [-0.2, -0.15) is 4.31 Å². The van der Waals surface area contributed by atoms with Crippen LogP contribution >= 0.6 is 11.6 Å². The minimum Gasteiger partial charge on any atom is -0.326 e.